The summed E-state index contributed by atoms with van der Waals surface area (Å²) in [6.07, 6.45) is 1.69. The van der Waals surface area contributed by atoms with Crippen LogP contribution in [0, 0.1) is 6.92 Å². The molecule has 0 N–H and O–H groups in total. The van der Waals surface area contributed by atoms with Gasteiger partial charge in [-0.3, -0.25) is 0 Å². The lowest BCUT2D eigenvalue weighted by Crippen LogP contribution is -2.02. The van der Waals surface area contributed by atoms with Gasteiger partial charge in [-0.1, -0.05) is 12.1 Å². The molecular formula is C14H15ClN2O2. The highest BCUT2D eigenvalue weighted by Crippen LogP contribution is 2.15. The summed E-state index contributed by atoms with van der Waals surface area (Å²) in [6.45, 7) is 2.29. The van der Waals surface area contributed by atoms with E-state index in [4.69, 9.17) is 21.1 Å². The predicted molar refractivity (Wildman–Crippen MR) is 73.7 cm³/mol. The molecule has 100 valence electrons. The third-order valence-corrected chi connectivity index (χ3v) is 2.99. The normalized spacial score (nSPS) is 10.3. The van der Waals surface area contributed by atoms with E-state index in [-0.39, 0.29) is 0 Å². The van der Waals surface area contributed by atoms with Crippen LogP contribution in [0.2, 0.25) is 0 Å². The molecular weight excluding hydrogens is 264 g/mol. The average Bonchev–Trinajstić information content (AvgIpc) is 2.45. The molecule has 0 saturated carbocycles. The first-order chi connectivity index (χ1) is 9.22. The Bertz CT molecular complexity index is 561. The highest BCUT2D eigenvalue weighted by molar-refractivity contribution is 6.17. The van der Waals surface area contributed by atoms with Crippen molar-refractivity contribution in [1.82, 2.24) is 9.97 Å². The lowest BCUT2D eigenvalue weighted by molar-refractivity contribution is 0.279. The zero-order valence-electron chi connectivity index (χ0n) is 10.9. The molecule has 0 atom stereocenters. The maximum absolute atomic E-state index is 5.76. The smallest absolute Gasteiger partial charge is 0.316 e. The van der Waals surface area contributed by atoms with Crippen molar-refractivity contribution in [2.45, 2.75) is 19.4 Å². The SMILES string of the molecule is COc1cccc(COc2ncc(CCl)c(C)n2)c1. The van der Waals surface area contributed by atoms with Crippen molar-refractivity contribution in [3.05, 3.63) is 47.3 Å². The molecule has 0 unspecified atom stereocenters. The van der Waals surface area contributed by atoms with Gasteiger partial charge in [0.15, 0.2) is 0 Å². The third kappa shape index (κ3) is 3.58. The van der Waals surface area contributed by atoms with E-state index >= 15 is 0 Å². The topological polar surface area (TPSA) is 44.2 Å². The summed E-state index contributed by atoms with van der Waals surface area (Å²) in [5, 5.41) is 0. The number of methoxy groups -OCH3 is 1. The van der Waals surface area contributed by atoms with E-state index in [1.807, 2.05) is 31.2 Å². The van der Waals surface area contributed by atoms with Crippen molar-refractivity contribution in [2.24, 2.45) is 0 Å². The molecule has 2 aromatic rings. The molecule has 0 fully saturated rings. The number of halogens is 1. The van der Waals surface area contributed by atoms with Gasteiger partial charge in [-0.2, -0.15) is 0 Å². The number of nitrogens with zero attached hydrogens (tertiary/aromatic N) is 2. The van der Waals surface area contributed by atoms with Gasteiger partial charge in [0.2, 0.25) is 0 Å². The van der Waals surface area contributed by atoms with Crippen LogP contribution in [-0.4, -0.2) is 17.1 Å². The quantitative estimate of drug-likeness (QED) is 0.788. The lowest BCUT2D eigenvalue weighted by Gasteiger charge is -2.07. The summed E-state index contributed by atoms with van der Waals surface area (Å²) in [4.78, 5) is 8.37. The number of ether oxygens (including phenoxy) is 2. The highest BCUT2D eigenvalue weighted by atomic mass is 35.5. The zero-order valence-corrected chi connectivity index (χ0v) is 11.6. The van der Waals surface area contributed by atoms with Crippen LogP contribution in [0.4, 0.5) is 0 Å². The van der Waals surface area contributed by atoms with Crippen molar-refractivity contribution in [1.29, 1.82) is 0 Å². The van der Waals surface area contributed by atoms with Crippen molar-refractivity contribution < 1.29 is 9.47 Å². The molecule has 5 heteroatoms. The van der Waals surface area contributed by atoms with Gasteiger partial charge in [-0.05, 0) is 24.6 Å². The largest absolute Gasteiger partial charge is 0.497 e. The minimum Gasteiger partial charge on any atom is -0.497 e. The molecule has 1 aromatic carbocycles. The van der Waals surface area contributed by atoms with E-state index in [9.17, 15) is 0 Å². The Kier molecular flexibility index (Phi) is 4.58. The van der Waals surface area contributed by atoms with Crippen molar-refractivity contribution in [2.75, 3.05) is 7.11 Å². The second-order valence-electron chi connectivity index (χ2n) is 4.04. The van der Waals surface area contributed by atoms with Crippen LogP contribution in [0.1, 0.15) is 16.8 Å². The Hall–Kier alpha value is -1.81. The Labute approximate surface area is 117 Å². The van der Waals surface area contributed by atoms with Gasteiger partial charge >= 0.3 is 6.01 Å². The van der Waals surface area contributed by atoms with Crippen LogP contribution in [-0.2, 0) is 12.5 Å². The van der Waals surface area contributed by atoms with Crippen LogP contribution in [0.3, 0.4) is 0 Å². The number of alkyl halides is 1. The number of rotatable bonds is 5. The highest BCUT2D eigenvalue weighted by Gasteiger charge is 2.04. The summed E-state index contributed by atoms with van der Waals surface area (Å²) in [5.41, 5.74) is 2.75. The van der Waals surface area contributed by atoms with Crippen LogP contribution >= 0.6 is 11.6 Å². The van der Waals surface area contributed by atoms with E-state index in [1.165, 1.54) is 0 Å². The summed E-state index contributed by atoms with van der Waals surface area (Å²) >= 11 is 5.76. The second kappa shape index (κ2) is 6.38. The average molecular weight is 279 g/mol. The molecule has 0 saturated heterocycles. The minimum absolute atomic E-state index is 0.356. The van der Waals surface area contributed by atoms with Gasteiger partial charge in [0, 0.05) is 17.5 Å². The first-order valence-corrected chi connectivity index (χ1v) is 6.40. The number of hydrogen-bond donors (Lipinski definition) is 0. The first-order valence-electron chi connectivity index (χ1n) is 5.87. The zero-order chi connectivity index (χ0) is 13.7. The van der Waals surface area contributed by atoms with E-state index in [0.717, 1.165) is 22.6 Å². The number of aryl methyl sites for hydroxylation is 1. The number of hydrogen-bond acceptors (Lipinski definition) is 4. The first kappa shape index (κ1) is 13.6. The molecule has 0 aliphatic heterocycles. The van der Waals surface area contributed by atoms with Gasteiger partial charge in [0.1, 0.15) is 12.4 Å². The van der Waals surface area contributed by atoms with Crippen molar-refractivity contribution in [3.63, 3.8) is 0 Å². The Morgan fingerprint density at radius 1 is 1.32 bits per heavy atom. The summed E-state index contributed by atoms with van der Waals surface area (Å²) in [6, 6.07) is 8.04. The van der Waals surface area contributed by atoms with Gasteiger partial charge < -0.3 is 9.47 Å². The van der Waals surface area contributed by atoms with E-state index < -0.39 is 0 Å². The molecule has 19 heavy (non-hydrogen) atoms. The Balaban J connectivity index is 2.03. The molecule has 0 radical (unpaired) electrons. The molecule has 0 aliphatic carbocycles. The minimum atomic E-state index is 0.356. The fourth-order valence-electron chi connectivity index (χ4n) is 1.58. The van der Waals surface area contributed by atoms with Gasteiger partial charge in [-0.25, -0.2) is 9.97 Å². The monoisotopic (exact) mass is 278 g/mol. The Morgan fingerprint density at radius 2 is 2.16 bits per heavy atom. The van der Waals surface area contributed by atoms with Crippen LogP contribution in [0.15, 0.2) is 30.5 Å². The lowest BCUT2D eigenvalue weighted by atomic mass is 10.2. The van der Waals surface area contributed by atoms with E-state index in [1.54, 1.807) is 13.3 Å². The summed E-state index contributed by atoms with van der Waals surface area (Å²) < 4.78 is 10.7. The van der Waals surface area contributed by atoms with Gasteiger partial charge in [0.25, 0.3) is 0 Å². The molecule has 2 rings (SSSR count). The van der Waals surface area contributed by atoms with Crippen LogP contribution in [0.25, 0.3) is 0 Å². The number of benzene rings is 1. The van der Waals surface area contributed by atoms with Crippen molar-refractivity contribution >= 4 is 11.6 Å². The number of aromatic nitrogens is 2. The van der Waals surface area contributed by atoms with Crippen LogP contribution < -0.4 is 9.47 Å². The molecule has 1 heterocycles. The summed E-state index contributed by atoms with van der Waals surface area (Å²) in [5.74, 6) is 1.21. The van der Waals surface area contributed by atoms with Crippen molar-refractivity contribution in [3.8, 4) is 11.8 Å². The summed E-state index contributed by atoms with van der Waals surface area (Å²) in [7, 11) is 1.64. The van der Waals surface area contributed by atoms with Crippen LogP contribution in [0.5, 0.6) is 11.8 Å². The van der Waals surface area contributed by atoms with E-state index in [0.29, 0.717) is 18.5 Å². The fraction of sp³-hybridized carbons (Fsp3) is 0.286. The molecule has 0 bridgehead atoms. The Morgan fingerprint density at radius 3 is 2.84 bits per heavy atom. The van der Waals surface area contributed by atoms with Gasteiger partial charge in [-0.15, -0.1) is 11.6 Å². The molecule has 0 aliphatic rings. The molecule has 4 nitrogen and oxygen atoms in total. The molecule has 1 aromatic heterocycles. The molecule has 0 amide bonds. The maximum Gasteiger partial charge on any atom is 0.316 e. The third-order valence-electron chi connectivity index (χ3n) is 2.70. The van der Waals surface area contributed by atoms with E-state index in [2.05, 4.69) is 9.97 Å². The predicted octanol–water partition coefficient (Wildman–Crippen LogP) is 3.11. The standard InChI is InChI=1S/C14H15ClN2O2/c1-10-12(7-15)8-16-14(17-10)19-9-11-4-3-5-13(6-11)18-2/h3-6,8H,7,9H2,1-2H3. The second-order valence-corrected chi connectivity index (χ2v) is 4.30. The van der Waals surface area contributed by atoms with Gasteiger partial charge in [0.05, 0.1) is 13.0 Å². The fourth-order valence-corrected chi connectivity index (χ4v) is 1.84. The molecule has 0 spiro atoms. The maximum atomic E-state index is 5.76.